The van der Waals surface area contributed by atoms with Crippen molar-refractivity contribution in [3.8, 4) is 44.8 Å². The van der Waals surface area contributed by atoms with E-state index in [0.717, 1.165) is 44.3 Å². The van der Waals surface area contributed by atoms with Gasteiger partial charge in [-0.05, 0) is 98.1 Å². The third-order valence-electron chi connectivity index (χ3n) is 10.1. The van der Waals surface area contributed by atoms with Crippen molar-refractivity contribution >= 4 is 54.4 Å². The Labute approximate surface area is 275 Å². The Bertz CT molecular complexity index is 2950. The maximum absolute atomic E-state index is 4.94. The highest BCUT2D eigenvalue weighted by molar-refractivity contribution is 6.30. The van der Waals surface area contributed by atoms with Gasteiger partial charge in [0.25, 0.3) is 0 Å². The van der Waals surface area contributed by atoms with E-state index in [-0.39, 0.29) is 0 Å². The standard InChI is InChI=1S/C44H26N4/c1-2-11-31(12-3-1)48-45-38-23-21-27-19-20-30(26-37(27)44(38)46-48)29-10-6-13-32(25-29)47-39-18-8-17-36-34-15-5-4-14-33(34)35-16-7-9-28-22-24-40(47)43(41(28)35)42(36)39/h1-26H. The molecular weight excluding hydrogens is 585 g/mol. The van der Waals surface area contributed by atoms with Crippen molar-refractivity contribution in [3.05, 3.63) is 158 Å². The molecule has 1 aliphatic rings. The molecule has 0 saturated carbocycles. The van der Waals surface area contributed by atoms with Crippen LogP contribution in [-0.4, -0.2) is 19.6 Å². The Morgan fingerprint density at radius 3 is 1.94 bits per heavy atom. The van der Waals surface area contributed by atoms with Crippen LogP contribution in [0.15, 0.2) is 158 Å². The number of rotatable bonds is 3. The molecule has 1 aliphatic carbocycles. The van der Waals surface area contributed by atoms with Gasteiger partial charge in [0.15, 0.2) is 0 Å². The van der Waals surface area contributed by atoms with E-state index in [0.29, 0.717) is 0 Å². The topological polar surface area (TPSA) is 35.6 Å². The first-order valence-corrected chi connectivity index (χ1v) is 16.3. The van der Waals surface area contributed by atoms with Crippen LogP contribution in [0.1, 0.15) is 0 Å². The summed E-state index contributed by atoms with van der Waals surface area (Å²) in [5.41, 5.74) is 13.8. The molecule has 0 fully saturated rings. The second kappa shape index (κ2) is 9.50. The molecule has 8 aromatic carbocycles. The van der Waals surface area contributed by atoms with Crippen LogP contribution in [-0.2, 0) is 0 Å². The summed E-state index contributed by atoms with van der Waals surface area (Å²) < 4.78 is 2.45. The van der Waals surface area contributed by atoms with Crippen LogP contribution in [0, 0.1) is 0 Å². The minimum Gasteiger partial charge on any atom is -0.309 e. The van der Waals surface area contributed by atoms with E-state index >= 15 is 0 Å². The van der Waals surface area contributed by atoms with Crippen LogP contribution in [0.5, 0.6) is 0 Å². The Balaban J connectivity index is 1.14. The zero-order chi connectivity index (χ0) is 31.3. The first kappa shape index (κ1) is 25.6. The number of para-hydroxylation sites is 1. The van der Waals surface area contributed by atoms with Gasteiger partial charge in [0, 0.05) is 21.8 Å². The number of fused-ring (bicyclic) bond motifs is 6. The number of hydrogen-bond acceptors (Lipinski definition) is 2. The van der Waals surface area contributed by atoms with Crippen LogP contribution >= 0.6 is 0 Å². The molecule has 0 spiro atoms. The zero-order valence-corrected chi connectivity index (χ0v) is 25.8. The molecule has 11 rings (SSSR count). The van der Waals surface area contributed by atoms with Crippen molar-refractivity contribution < 1.29 is 0 Å². The summed E-state index contributed by atoms with van der Waals surface area (Å²) in [6.45, 7) is 0. The van der Waals surface area contributed by atoms with Gasteiger partial charge in [-0.2, -0.15) is 4.80 Å². The Morgan fingerprint density at radius 1 is 0.396 bits per heavy atom. The van der Waals surface area contributed by atoms with Crippen LogP contribution in [0.2, 0.25) is 0 Å². The molecule has 2 heterocycles. The van der Waals surface area contributed by atoms with E-state index in [1.165, 1.54) is 54.8 Å². The number of hydrogen-bond donors (Lipinski definition) is 0. The fourth-order valence-corrected chi connectivity index (χ4v) is 7.98. The maximum atomic E-state index is 4.94. The fourth-order valence-electron chi connectivity index (χ4n) is 7.98. The van der Waals surface area contributed by atoms with Gasteiger partial charge in [0.2, 0.25) is 0 Å². The highest BCUT2D eigenvalue weighted by Gasteiger charge is 2.24. The normalized spacial score (nSPS) is 12.2. The van der Waals surface area contributed by atoms with Crippen LogP contribution in [0.4, 0.5) is 0 Å². The molecule has 48 heavy (non-hydrogen) atoms. The lowest BCUT2D eigenvalue weighted by Crippen LogP contribution is -1.97. The minimum absolute atomic E-state index is 0.882. The predicted octanol–water partition coefficient (Wildman–Crippen LogP) is 11.1. The molecule has 0 atom stereocenters. The monoisotopic (exact) mass is 610 g/mol. The van der Waals surface area contributed by atoms with Crippen molar-refractivity contribution in [2.45, 2.75) is 0 Å². The number of nitrogens with zero attached hydrogens (tertiary/aromatic N) is 4. The van der Waals surface area contributed by atoms with Gasteiger partial charge >= 0.3 is 0 Å². The third kappa shape index (κ3) is 3.49. The van der Waals surface area contributed by atoms with E-state index in [9.17, 15) is 0 Å². The average Bonchev–Trinajstić information content (AvgIpc) is 3.72. The van der Waals surface area contributed by atoms with Gasteiger partial charge < -0.3 is 4.57 Å². The van der Waals surface area contributed by atoms with Crippen LogP contribution in [0.3, 0.4) is 0 Å². The first-order chi connectivity index (χ1) is 23.8. The van der Waals surface area contributed by atoms with Gasteiger partial charge in [-0.3, -0.25) is 0 Å². The number of benzene rings is 8. The first-order valence-electron chi connectivity index (χ1n) is 16.3. The maximum Gasteiger partial charge on any atom is 0.121 e. The molecule has 4 nitrogen and oxygen atoms in total. The Morgan fingerprint density at radius 2 is 1.06 bits per heavy atom. The lowest BCUT2D eigenvalue weighted by molar-refractivity contribution is 0.766. The highest BCUT2D eigenvalue weighted by Crippen LogP contribution is 2.49. The summed E-state index contributed by atoms with van der Waals surface area (Å²) in [5.74, 6) is 0. The fraction of sp³-hybridized carbons (Fsp3) is 0. The summed E-state index contributed by atoms with van der Waals surface area (Å²) in [7, 11) is 0. The van der Waals surface area contributed by atoms with Gasteiger partial charge in [-0.15, -0.1) is 10.2 Å². The second-order valence-electron chi connectivity index (χ2n) is 12.7. The molecule has 0 aliphatic heterocycles. The van der Waals surface area contributed by atoms with Gasteiger partial charge in [0.05, 0.1) is 16.7 Å². The van der Waals surface area contributed by atoms with Gasteiger partial charge in [0.1, 0.15) is 11.0 Å². The van der Waals surface area contributed by atoms with Crippen molar-refractivity contribution in [1.82, 2.24) is 19.6 Å². The molecular formula is C44H26N4. The molecule has 4 heteroatoms. The zero-order valence-electron chi connectivity index (χ0n) is 25.8. The smallest absolute Gasteiger partial charge is 0.121 e. The van der Waals surface area contributed by atoms with Crippen molar-refractivity contribution in [2.75, 3.05) is 0 Å². The quantitative estimate of drug-likeness (QED) is 0.199. The second-order valence-corrected chi connectivity index (χ2v) is 12.7. The summed E-state index contributed by atoms with van der Waals surface area (Å²) in [6.07, 6.45) is 0. The number of aromatic nitrogens is 4. The Kier molecular flexibility index (Phi) is 5.08. The molecule has 0 bridgehead atoms. The predicted molar refractivity (Wildman–Crippen MR) is 198 cm³/mol. The summed E-state index contributed by atoms with van der Waals surface area (Å²) in [4.78, 5) is 1.73. The summed E-state index contributed by atoms with van der Waals surface area (Å²) >= 11 is 0. The highest BCUT2D eigenvalue weighted by atomic mass is 15.5. The molecule has 0 amide bonds. The van der Waals surface area contributed by atoms with Gasteiger partial charge in [-0.1, -0.05) is 109 Å². The molecule has 0 saturated heterocycles. The van der Waals surface area contributed by atoms with Gasteiger partial charge in [-0.25, -0.2) is 0 Å². The SMILES string of the molecule is c1ccc(-n2nc3ccc4ccc(-c5cccc(-n6c7cccc8c7c7c9c(cccc9ccc76)-c6ccccc6-8)c5)cc4c3n2)cc1. The minimum atomic E-state index is 0.882. The molecule has 0 radical (unpaired) electrons. The third-order valence-corrected chi connectivity index (χ3v) is 10.1. The lowest BCUT2D eigenvalue weighted by atomic mass is 9.93. The molecule has 0 N–H and O–H groups in total. The summed E-state index contributed by atoms with van der Waals surface area (Å²) in [5, 5.41) is 17.2. The largest absolute Gasteiger partial charge is 0.309 e. The van der Waals surface area contributed by atoms with Crippen molar-refractivity contribution in [2.24, 2.45) is 0 Å². The van der Waals surface area contributed by atoms with Crippen molar-refractivity contribution in [1.29, 1.82) is 0 Å². The Hall–Kier alpha value is -6.52. The average molecular weight is 611 g/mol. The summed E-state index contributed by atoms with van der Waals surface area (Å²) in [6, 6.07) is 56.8. The molecule has 2 aromatic heterocycles. The van der Waals surface area contributed by atoms with E-state index < -0.39 is 0 Å². The van der Waals surface area contributed by atoms with E-state index in [1.54, 1.807) is 4.80 Å². The van der Waals surface area contributed by atoms with E-state index in [4.69, 9.17) is 10.2 Å². The van der Waals surface area contributed by atoms with Crippen LogP contribution in [0.25, 0.3) is 99.1 Å². The molecule has 222 valence electrons. The van der Waals surface area contributed by atoms with E-state index in [1.807, 2.05) is 30.3 Å². The molecule has 0 unspecified atom stereocenters. The van der Waals surface area contributed by atoms with Crippen molar-refractivity contribution in [3.63, 3.8) is 0 Å². The lowest BCUT2D eigenvalue weighted by Gasteiger charge is -2.14. The van der Waals surface area contributed by atoms with Crippen LogP contribution < -0.4 is 0 Å². The molecule has 10 aromatic rings. The van der Waals surface area contributed by atoms with E-state index in [2.05, 4.69) is 132 Å².